The molecular weight excluding hydrogens is 284 g/mol. The Bertz CT molecular complexity index is 608. The first-order valence-corrected chi connectivity index (χ1v) is 7.95. The summed E-state index contributed by atoms with van der Waals surface area (Å²) >= 11 is 0. The van der Waals surface area contributed by atoms with Gasteiger partial charge in [-0.1, -0.05) is 0 Å². The molecule has 0 unspecified atom stereocenters. The van der Waals surface area contributed by atoms with Gasteiger partial charge in [0.25, 0.3) is 5.91 Å². The van der Waals surface area contributed by atoms with Gasteiger partial charge in [0.2, 0.25) is 5.91 Å². The molecule has 1 atom stereocenters. The Morgan fingerprint density at radius 1 is 1.45 bits per heavy atom. The number of amides is 2. The van der Waals surface area contributed by atoms with Crippen LogP contribution in [0.4, 0.5) is 0 Å². The normalized spacial score (nSPS) is 24.2. The minimum Gasteiger partial charge on any atom is -0.459 e. The van der Waals surface area contributed by atoms with Crippen molar-refractivity contribution >= 4 is 21.7 Å². The van der Waals surface area contributed by atoms with Crippen LogP contribution in [0.2, 0.25) is 0 Å². The Hall–Kier alpha value is -1.83. The van der Waals surface area contributed by atoms with E-state index in [4.69, 9.17) is 4.42 Å². The molecule has 0 radical (unpaired) electrons. The topological polar surface area (TPSA) is 105 Å². The minimum absolute atomic E-state index is 0.0716. The molecule has 7 nitrogen and oxygen atoms in total. The molecule has 1 aromatic rings. The highest BCUT2D eigenvalue weighted by atomic mass is 32.2. The highest BCUT2D eigenvalue weighted by Gasteiger charge is 2.39. The average Bonchev–Trinajstić information content (AvgIpc) is 2.94. The smallest absolute Gasteiger partial charge is 0.287 e. The van der Waals surface area contributed by atoms with Gasteiger partial charge in [-0.15, -0.1) is 0 Å². The lowest BCUT2D eigenvalue weighted by molar-refractivity contribution is -0.121. The molecule has 2 N–H and O–H groups in total. The predicted octanol–water partition coefficient (Wildman–Crippen LogP) is -0.297. The van der Waals surface area contributed by atoms with Crippen molar-refractivity contribution in [2.24, 2.45) is 0 Å². The molecule has 0 saturated carbocycles. The monoisotopic (exact) mass is 300 g/mol. The van der Waals surface area contributed by atoms with Gasteiger partial charge in [0.1, 0.15) is 0 Å². The van der Waals surface area contributed by atoms with Crippen molar-refractivity contribution in [2.75, 3.05) is 18.1 Å². The van der Waals surface area contributed by atoms with Gasteiger partial charge in [0.05, 0.1) is 29.9 Å². The molecule has 0 aliphatic carbocycles. The lowest BCUT2D eigenvalue weighted by Crippen LogP contribution is -2.50. The maximum atomic E-state index is 11.7. The first-order chi connectivity index (χ1) is 9.30. The first kappa shape index (κ1) is 14.6. The zero-order valence-electron chi connectivity index (χ0n) is 11.0. The summed E-state index contributed by atoms with van der Waals surface area (Å²) in [5.41, 5.74) is -0.759. The molecule has 2 amide bonds. The Balaban J connectivity index is 1.83. The maximum Gasteiger partial charge on any atom is 0.287 e. The van der Waals surface area contributed by atoms with E-state index in [9.17, 15) is 18.0 Å². The maximum absolute atomic E-state index is 11.7. The van der Waals surface area contributed by atoms with Crippen molar-refractivity contribution in [2.45, 2.75) is 18.9 Å². The molecule has 110 valence electrons. The molecule has 8 heteroatoms. The fourth-order valence-corrected chi connectivity index (χ4v) is 4.24. The number of hydrogen-bond donors (Lipinski definition) is 2. The number of nitrogens with one attached hydrogen (secondary N) is 2. The van der Waals surface area contributed by atoms with E-state index < -0.39 is 27.2 Å². The van der Waals surface area contributed by atoms with Crippen LogP contribution in [-0.4, -0.2) is 43.8 Å². The van der Waals surface area contributed by atoms with Crippen molar-refractivity contribution in [3.8, 4) is 0 Å². The van der Waals surface area contributed by atoms with Crippen LogP contribution in [0.3, 0.4) is 0 Å². The highest BCUT2D eigenvalue weighted by molar-refractivity contribution is 7.91. The summed E-state index contributed by atoms with van der Waals surface area (Å²) in [5, 5.41) is 5.05. The quantitative estimate of drug-likeness (QED) is 0.794. The molecule has 0 bridgehead atoms. The first-order valence-electron chi connectivity index (χ1n) is 6.13. The third-order valence-electron chi connectivity index (χ3n) is 3.10. The molecule has 0 spiro atoms. The zero-order valence-corrected chi connectivity index (χ0v) is 11.8. The molecule has 1 saturated heterocycles. The van der Waals surface area contributed by atoms with E-state index in [1.54, 1.807) is 13.0 Å². The Labute approximate surface area is 116 Å². The second-order valence-corrected chi connectivity index (χ2v) is 7.29. The zero-order chi connectivity index (χ0) is 14.8. The van der Waals surface area contributed by atoms with E-state index in [1.807, 2.05) is 0 Å². The summed E-state index contributed by atoms with van der Waals surface area (Å²) in [6.45, 7) is 1.46. The van der Waals surface area contributed by atoms with Crippen molar-refractivity contribution in [1.29, 1.82) is 0 Å². The summed E-state index contributed by atoms with van der Waals surface area (Å²) in [4.78, 5) is 23.3. The lowest BCUT2D eigenvalue weighted by Gasteiger charge is -2.23. The Kier molecular flexibility index (Phi) is 3.85. The van der Waals surface area contributed by atoms with E-state index in [-0.39, 0.29) is 23.8 Å². The van der Waals surface area contributed by atoms with Crippen LogP contribution in [0.15, 0.2) is 22.8 Å². The predicted molar refractivity (Wildman–Crippen MR) is 70.9 cm³/mol. The summed E-state index contributed by atoms with van der Waals surface area (Å²) in [5.74, 6) is -0.799. The van der Waals surface area contributed by atoms with Gasteiger partial charge in [-0.3, -0.25) is 9.59 Å². The number of sulfone groups is 1. The second-order valence-electron chi connectivity index (χ2n) is 5.11. The van der Waals surface area contributed by atoms with Crippen molar-refractivity contribution in [3.63, 3.8) is 0 Å². The summed E-state index contributed by atoms with van der Waals surface area (Å²) in [6, 6.07) is 3.05. The van der Waals surface area contributed by atoms with Crippen LogP contribution in [0, 0.1) is 0 Å². The second kappa shape index (κ2) is 5.28. The van der Waals surface area contributed by atoms with Gasteiger partial charge in [0.15, 0.2) is 15.6 Å². The van der Waals surface area contributed by atoms with Gasteiger partial charge < -0.3 is 15.1 Å². The van der Waals surface area contributed by atoms with Crippen molar-refractivity contribution < 1.29 is 22.4 Å². The third kappa shape index (κ3) is 3.60. The van der Waals surface area contributed by atoms with Crippen LogP contribution in [0.5, 0.6) is 0 Å². The van der Waals surface area contributed by atoms with Crippen molar-refractivity contribution in [1.82, 2.24) is 10.6 Å². The number of hydrogen-bond acceptors (Lipinski definition) is 5. The molecule has 1 aromatic heterocycles. The van der Waals surface area contributed by atoms with Crippen molar-refractivity contribution in [3.05, 3.63) is 24.2 Å². The fourth-order valence-electron chi connectivity index (χ4n) is 2.15. The van der Waals surface area contributed by atoms with Gasteiger partial charge in [-0.2, -0.15) is 0 Å². The molecule has 0 aromatic carbocycles. The summed E-state index contributed by atoms with van der Waals surface area (Å²) < 4.78 is 27.7. The average molecular weight is 300 g/mol. The largest absolute Gasteiger partial charge is 0.459 e. The Morgan fingerprint density at radius 3 is 2.75 bits per heavy atom. The van der Waals surface area contributed by atoms with E-state index in [0.29, 0.717) is 6.42 Å². The SMILES string of the molecule is C[C@@]1(NC(=O)CNC(=O)c2ccco2)CCS(=O)(=O)C1. The van der Waals surface area contributed by atoms with E-state index in [2.05, 4.69) is 10.6 Å². The minimum atomic E-state index is -3.08. The molecule has 20 heavy (non-hydrogen) atoms. The molecular formula is C12H16N2O5S. The number of rotatable bonds is 4. The molecule has 1 aliphatic rings. The van der Waals surface area contributed by atoms with Crippen LogP contribution in [0.1, 0.15) is 23.9 Å². The van der Waals surface area contributed by atoms with Crippen LogP contribution >= 0.6 is 0 Å². The molecule has 2 rings (SSSR count). The highest BCUT2D eigenvalue weighted by Crippen LogP contribution is 2.22. The lowest BCUT2D eigenvalue weighted by atomic mass is 10.0. The van der Waals surface area contributed by atoms with Crippen LogP contribution in [-0.2, 0) is 14.6 Å². The summed E-state index contributed by atoms with van der Waals surface area (Å²) in [6.07, 6.45) is 1.74. The number of carbonyl (C=O) groups excluding carboxylic acids is 2. The van der Waals surface area contributed by atoms with Gasteiger partial charge in [0, 0.05) is 0 Å². The van der Waals surface area contributed by atoms with E-state index in [1.165, 1.54) is 12.3 Å². The number of carbonyl (C=O) groups is 2. The fraction of sp³-hybridized carbons (Fsp3) is 0.500. The standard InChI is InChI=1S/C12H16N2O5S/c1-12(4-6-20(17,18)8-12)14-10(15)7-13-11(16)9-3-2-5-19-9/h2-3,5H,4,6-8H2,1H3,(H,13,16)(H,14,15)/t12-/m1/s1. The molecule has 2 heterocycles. The third-order valence-corrected chi connectivity index (χ3v) is 5.00. The van der Waals surface area contributed by atoms with Gasteiger partial charge in [-0.25, -0.2) is 8.42 Å². The molecule has 1 fully saturated rings. The van der Waals surface area contributed by atoms with E-state index >= 15 is 0 Å². The molecule has 1 aliphatic heterocycles. The van der Waals surface area contributed by atoms with Gasteiger partial charge >= 0.3 is 0 Å². The van der Waals surface area contributed by atoms with Gasteiger partial charge in [-0.05, 0) is 25.5 Å². The van der Waals surface area contributed by atoms with Crippen LogP contribution in [0.25, 0.3) is 0 Å². The Morgan fingerprint density at radius 2 is 2.20 bits per heavy atom. The van der Waals surface area contributed by atoms with E-state index in [0.717, 1.165) is 0 Å². The van der Waals surface area contributed by atoms with Crippen LogP contribution < -0.4 is 10.6 Å². The number of furan rings is 1. The summed E-state index contributed by atoms with van der Waals surface area (Å²) in [7, 11) is -3.08.